The molecule has 0 saturated carbocycles. The Morgan fingerprint density at radius 2 is 1.92 bits per heavy atom. The first-order valence-corrected chi connectivity index (χ1v) is 3.53. The summed E-state index contributed by atoms with van der Waals surface area (Å²) < 4.78 is 0. The van der Waals surface area contributed by atoms with Crippen molar-refractivity contribution < 1.29 is 14.4 Å². The van der Waals surface area contributed by atoms with Crippen molar-refractivity contribution in [2.75, 3.05) is 0 Å². The summed E-state index contributed by atoms with van der Waals surface area (Å²) in [5.74, 6) is -0.717. The lowest BCUT2D eigenvalue weighted by Crippen LogP contribution is -2.14. The number of rotatable bonds is 3. The number of carbonyl (C=O) groups is 3. The summed E-state index contributed by atoms with van der Waals surface area (Å²) in [6.45, 7) is 0. The third-order valence-electron chi connectivity index (χ3n) is 1.61. The molecule has 66 valence electrons. The Bertz CT molecular complexity index is 371. The Morgan fingerprint density at radius 1 is 1.23 bits per heavy atom. The summed E-state index contributed by atoms with van der Waals surface area (Å²) in [6, 6.07) is 4.12. The highest BCUT2D eigenvalue weighted by Crippen LogP contribution is 2.08. The Labute approximate surface area is 74.4 Å². The van der Waals surface area contributed by atoms with Gasteiger partial charge in [0.1, 0.15) is 6.29 Å². The van der Waals surface area contributed by atoms with Gasteiger partial charge in [-0.1, -0.05) is 12.1 Å². The van der Waals surface area contributed by atoms with E-state index in [1.165, 1.54) is 18.2 Å². The second kappa shape index (κ2) is 3.62. The minimum atomic E-state index is -0.717. The van der Waals surface area contributed by atoms with Crippen molar-refractivity contribution in [3.05, 3.63) is 34.9 Å². The maximum atomic E-state index is 10.8. The molecule has 0 spiro atoms. The summed E-state index contributed by atoms with van der Waals surface area (Å²) in [6.07, 6.45) is 1.11. The first kappa shape index (κ1) is 9.12. The molecule has 13 heavy (non-hydrogen) atoms. The molecule has 4 nitrogen and oxygen atoms in total. The topological polar surface area (TPSA) is 77.2 Å². The first-order chi connectivity index (χ1) is 6.19. The van der Waals surface area contributed by atoms with Crippen molar-refractivity contribution in [3.8, 4) is 0 Å². The highest BCUT2D eigenvalue weighted by molar-refractivity contribution is 6.01. The zero-order chi connectivity index (χ0) is 9.84. The Morgan fingerprint density at radius 3 is 2.38 bits per heavy atom. The van der Waals surface area contributed by atoms with Crippen molar-refractivity contribution >= 4 is 18.5 Å². The van der Waals surface area contributed by atoms with E-state index in [-0.39, 0.29) is 11.1 Å². The summed E-state index contributed by atoms with van der Waals surface area (Å²) in [5, 5.41) is 0. The molecule has 1 aromatic rings. The molecule has 1 aromatic carbocycles. The molecule has 0 aliphatic carbocycles. The summed E-state index contributed by atoms with van der Waals surface area (Å²) in [5.41, 5.74) is 5.58. The minimum Gasteiger partial charge on any atom is -0.366 e. The standard InChI is InChI=1S/C9H7NO3/c10-9(13)8-3-6(4-11)1-2-7(8)5-12/h1-5H,(H2,10,13). The summed E-state index contributed by atoms with van der Waals surface area (Å²) >= 11 is 0. The van der Waals surface area contributed by atoms with E-state index >= 15 is 0 Å². The van der Waals surface area contributed by atoms with E-state index in [4.69, 9.17) is 5.73 Å². The van der Waals surface area contributed by atoms with Gasteiger partial charge in [0.25, 0.3) is 0 Å². The number of carbonyl (C=O) groups excluding carboxylic acids is 3. The van der Waals surface area contributed by atoms with Crippen LogP contribution >= 0.6 is 0 Å². The van der Waals surface area contributed by atoms with E-state index in [1.54, 1.807) is 0 Å². The first-order valence-electron chi connectivity index (χ1n) is 3.53. The molecule has 0 radical (unpaired) electrons. The van der Waals surface area contributed by atoms with E-state index in [1.807, 2.05) is 0 Å². The molecule has 0 aromatic heterocycles. The van der Waals surface area contributed by atoms with Crippen LogP contribution in [0.15, 0.2) is 18.2 Å². The van der Waals surface area contributed by atoms with Gasteiger partial charge in [-0.3, -0.25) is 14.4 Å². The lowest BCUT2D eigenvalue weighted by Gasteiger charge is -1.99. The number of aldehydes is 2. The van der Waals surface area contributed by atoms with Gasteiger partial charge in [0.2, 0.25) is 5.91 Å². The zero-order valence-electron chi connectivity index (χ0n) is 6.69. The lowest BCUT2D eigenvalue weighted by atomic mass is 10.1. The molecule has 0 aliphatic rings. The number of hydrogen-bond acceptors (Lipinski definition) is 3. The molecule has 0 atom stereocenters. The molecule has 0 bridgehead atoms. The van der Waals surface area contributed by atoms with Crippen LogP contribution in [-0.2, 0) is 0 Å². The predicted octanol–water partition coefficient (Wildman–Crippen LogP) is 0.411. The molecule has 0 heterocycles. The van der Waals surface area contributed by atoms with Gasteiger partial charge in [-0.05, 0) is 6.07 Å². The number of nitrogens with two attached hydrogens (primary N) is 1. The second-order valence-electron chi connectivity index (χ2n) is 2.45. The molecule has 0 fully saturated rings. The fraction of sp³-hybridized carbons (Fsp3) is 0. The molecule has 1 rings (SSSR count). The average Bonchev–Trinajstić information content (AvgIpc) is 2.16. The van der Waals surface area contributed by atoms with Gasteiger partial charge in [0.05, 0.1) is 5.56 Å². The van der Waals surface area contributed by atoms with Gasteiger partial charge >= 0.3 is 0 Å². The largest absolute Gasteiger partial charge is 0.366 e. The lowest BCUT2D eigenvalue weighted by molar-refractivity contribution is 0.0993. The van der Waals surface area contributed by atoms with Crippen LogP contribution in [0, 0.1) is 0 Å². The number of benzene rings is 1. The molecular formula is C9H7NO3. The fourth-order valence-electron chi connectivity index (χ4n) is 0.963. The van der Waals surface area contributed by atoms with Crippen molar-refractivity contribution in [2.24, 2.45) is 5.73 Å². The van der Waals surface area contributed by atoms with Crippen LogP contribution in [0.4, 0.5) is 0 Å². The normalized spacial score (nSPS) is 9.23. The highest BCUT2D eigenvalue weighted by Gasteiger charge is 2.07. The predicted molar refractivity (Wildman–Crippen MR) is 45.7 cm³/mol. The molecule has 0 saturated heterocycles. The van der Waals surface area contributed by atoms with Gasteiger partial charge in [0.15, 0.2) is 6.29 Å². The maximum Gasteiger partial charge on any atom is 0.249 e. The van der Waals surface area contributed by atoms with E-state index < -0.39 is 5.91 Å². The Kier molecular flexibility index (Phi) is 2.54. The van der Waals surface area contributed by atoms with Crippen molar-refractivity contribution in [1.29, 1.82) is 0 Å². The van der Waals surface area contributed by atoms with Gasteiger partial charge in [-0.25, -0.2) is 0 Å². The van der Waals surface area contributed by atoms with E-state index in [9.17, 15) is 14.4 Å². The van der Waals surface area contributed by atoms with Crippen LogP contribution < -0.4 is 5.73 Å². The summed E-state index contributed by atoms with van der Waals surface area (Å²) in [7, 11) is 0. The van der Waals surface area contributed by atoms with E-state index in [0.29, 0.717) is 18.1 Å². The van der Waals surface area contributed by atoms with Crippen LogP contribution in [0.3, 0.4) is 0 Å². The molecule has 1 amide bonds. The van der Waals surface area contributed by atoms with Gasteiger partial charge in [-0.15, -0.1) is 0 Å². The fourth-order valence-corrected chi connectivity index (χ4v) is 0.963. The quantitative estimate of drug-likeness (QED) is 0.679. The van der Waals surface area contributed by atoms with Gasteiger partial charge in [-0.2, -0.15) is 0 Å². The second-order valence-corrected chi connectivity index (χ2v) is 2.45. The van der Waals surface area contributed by atoms with Gasteiger partial charge in [0, 0.05) is 11.1 Å². The van der Waals surface area contributed by atoms with Crippen molar-refractivity contribution in [2.45, 2.75) is 0 Å². The minimum absolute atomic E-state index is 0.0691. The molecule has 2 N–H and O–H groups in total. The Balaban J connectivity index is 3.33. The number of hydrogen-bond donors (Lipinski definition) is 1. The number of amides is 1. The third kappa shape index (κ3) is 1.79. The highest BCUT2D eigenvalue weighted by atomic mass is 16.1. The SMILES string of the molecule is NC(=O)c1cc(C=O)ccc1C=O. The van der Waals surface area contributed by atoms with E-state index in [0.717, 1.165) is 0 Å². The molecular weight excluding hydrogens is 170 g/mol. The van der Waals surface area contributed by atoms with Crippen LogP contribution in [-0.4, -0.2) is 18.5 Å². The summed E-state index contributed by atoms with van der Waals surface area (Å²) in [4.78, 5) is 31.6. The monoisotopic (exact) mass is 177 g/mol. The zero-order valence-corrected chi connectivity index (χ0v) is 6.69. The molecule has 0 aliphatic heterocycles. The molecule has 4 heteroatoms. The maximum absolute atomic E-state index is 10.8. The average molecular weight is 177 g/mol. The van der Waals surface area contributed by atoms with Crippen molar-refractivity contribution in [1.82, 2.24) is 0 Å². The van der Waals surface area contributed by atoms with Crippen LogP contribution in [0.2, 0.25) is 0 Å². The van der Waals surface area contributed by atoms with Crippen LogP contribution in [0.1, 0.15) is 31.1 Å². The third-order valence-corrected chi connectivity index (χ3v) is 1.61. The smallest absolute Gasteiger partial charge is 0.249 e. The van der Waals surface area contributed by atoms with Crippen LogP contribution in [0.5, 0.6) is 0 Å². The van der Waals surface area contributed by atoms with E-state index in [2.05, 4.69) is 0 Å². The molecule has 0 unspecified atom stereocenters. The number of primary amides is 1. The van der Waals surface area contributed by atoms with Crippen LogP contribution in [0.25, 0.3) is 0 Å². The Hall–Kier alpha value is -1.97. The van der Waals surface area contributed by atoms with Gasteiger partial charge < -0.3 is 5.73 Å². The van der Waals surface area contributed by atoms with Crippen molar-refractivity contribution in [3.63, 3.8) is 0 Å².